The van der Waals surface area contributed by atoms with Crippen LogP contribution in [0.1, 0.15) is 44.6 Å². The van der Waals surface area contributed by atoms with Gasteiger partial charge in [0.05, 0.1) is 29.8 Å². The zero-order valence-corrected chi connectivity index (χ0v) is 25.5. The van der Waals surface area contributed by atoms with Crippen LogP contribution >= 0.6 is 11.3 Å². The van der Waals surface area contributed by atoms with Gasteiger partial charge >= 0.3 is 12.2 Å². The number of hydrogen-bond donors (Lipinski definition) is 2. The van der Waals surface area contributed by atoms with Crippen molar-refractivity contribution in [1.82, 2.24) is 20.3 Å². The van der Waals surface area contributed by atoms with Gasteiger partial charge < -0.3 is 19.9 Å². The first-order valence-electron chi connectivity index (χ1n) is 13.5. The lowest BCUT2D eigenvalue weighted by Crippen LogP contribution is -2.48. The van der Waals surface area contributed by atoms with Crippen LogP contribution in [0.25, 0.3) is 21.2 Å². The van der Waals surface area contributed by atoms with E-state index in [0.29, 0.717) is 27.1 Å². The Labute approximate surface area is 255 Å². The fourth-order valence-corrected chi connectivity index (χ4v) is 5.42. The number of nitrogens with zero attached hydrogens (tertiary/aromatic N) is 4. The first-order valence-corrected chi connectivity index (χ1v) is 14.3. The van der Waals surface area contributed by atoms with Crippen molar-refractivity contribution >= 4 is 39.4 Å². The number of nitrogens with one attached hydrogen (secondary N) is 1. The fraction of sp³-hybridized carbons (Fsp3) is 0.367. The van der Waals surface area contributed by atoms with E-state index in [0.717, 1.165) is 28.5 Å². The number of anilines is 1. The van der Waals surface area contributed by atoms with Gasteiger partial charge in [-0.05, 0) is 55.8 Å². The van der Waals surface area contributed by atoms with Crippen molar-refractivity contribution in [3.63, 3.8) is 0 Å². The van der Waals surface area contributed by atoms with Crippen molar-refractivity contribution in [2.24, 2.45) is 0 Å². The summed E-state index contributed by atoms with van der Waals surface area (Å²) in [5, 5.41) is 14.4. The van der Waals surface area contributed by atoms with Crippen LogP contribution in [0.15, 0.2) is 48.8 Å². The Morgan fingerprint density at radius 3 is 2.43 bits per heavy atom. The molecule has 10 nitrogen and oxygen atoms in total. The van der Waals surface area contributed by atoms with Crippen LogP contribution in [0.5, 0.6) is 0 Å². The second kappa shape index (κ2) is 13.1. The Bertz CT molecular complexity index is 1640. The number of amides is 2. The summed E-state index contributed by atoms with van der Waals surface area (Å²) in [6.07, 6.45) is 0.617. The van der Waals surface area contributed by atoms with E-state index in [-0.39, 0.29) is 24.7 Å². The molecule has 0 spiro atoms. The number of ether oxygens (including phenoxy) is 2. The zero-order chi connectivity index (χ0) is 32.2. The first-order chi connectivity index (χ1) is 20.6. The molecule has 3 heterocycles. The van der Waals surface area contributed by atoms with Gasteiger partial charge in [-0.2, -0.15) is 13.2 Å². The standard InChI is InChI=1S/C30H32F3N5O5S/c1-29(2,3)43-27(39)36-21(10-17-6-9-23(34-13-17)30(4,32)33)15-38(28(40)41)26-37-22(16-42-5)25(44-26)18-7-8-19-14-35-24(31)12-20(19)11-18/h6-9,11-14,21H,10,15-16H2,1-5H3,(H,36,39)(H,40,41)/t21-/m1/s1. The lowest BCUT2D eigenvalue weighted by molar-refractivity contribution is 0.0127. The molecule has 0 bridgehead atoms. The highest BCUT2D eigenvalue weighted by atomic mass is 32.1. The van der Waals surface area contributed by atoms with Crippen molar-refractivity contribution in [3.05, 3.63) is 71.7 Å². The van der Waals surface area contributed by atoms with E-state index in [4.69, 9.17) is 9.47 Å². The molecule has 1 aromatic carbocycles. The maximum absolute atomic E-state index is 13.8. The van der Waals surface area contributed by atoms with Gasteiger partial charge in [0, 0.05) is 37.9 Å². The van der Waals surface area contributed by atoms with Crippen molar-refractivity contribution in [1.29, 1.82) is 0 Å². The van der Waals surface area contributed by atoms with E-state index in [1.807, 2.05) is 0 Å². The smallest absolute Gasteiger partial charge is 0.413 e. The second-order valence-corrected chi connectivity index (χ2v) is 12.1. The molecule has 0 fully saturated rings. The fourth-order valence-electron chi connectivity index (χ4n) is 4.35. The normalized spacial score (nSPS) is 12.6. The van der Waals surface area contributed by atoms with Gasteiger partial charge in [-0.1, -0.05) is 29.5 Å². The predicted octanol–water partition coefficient (Wildman–Crippen LogP) is 6.77. The maximum Gasteiger partial charge on any atom is 0.413 e. The number of rotatable bonds is 10. The summed E-state index contributed by atoms with van der Waals surface area (Å²) in [5.74, 6) is -3.77. The van der Waals surface area contributed by atoms with Crippen molar-refractivity contribution in [2.75, 3.05) is 18.6 Å². The van der Waals surface area contributed by atoms with Gasteiger partial charge in [0.15, 0.2) is 5.13 Å². The summed E-state index contributed by atoms with van der Waals surface area (Å²) in [6, 6.07) is 8.41. The number of carbonyl (C=O) groups excluding carboxylic acids is 1. The van der Waals surface area contributed by atoms with Crippen molar-refractivity contribution < 1.29 is 37.3 Å². The van der Waals surface area contributed by atoms with Gasteiger partial charge in [0.25, 0.3) is 5.92 Å². The summed E-state index contributed by atoms with van der Waals surface area (Å²) < 4.78 is 51.9. The van der Waals surface area contributed by atoms with Crippen LogP contribution < -0.4 is 10.2 Å². The van der Waals surface area contributed by atoms with Crippen LogP contribution in [0.3, 0.4) is 0 Å². The van der Waals surface area contributed by atoms with E-state index >= 15 is 0 Å². The number of halogens is 3. The Morgan fingerprint density at radius 1 is 1.07 bits per heavy atom. The molecular weight excluding hydrogens is 599 g/mol. The SMILES string of the molecule is COCc1nc(N(C[C@@H](Cc2ccc(C(C)(F)F)nc2)NC(=O)OC(C)(C)C)C(=O)O)sc1-c1ccc2cnc(F)cc2c1. The minimum absolute atomic E-state index is 0.0546. The third-order valence-electron chi connectivity index (χ3n) is 6.26. The molecule has 44 heavy (non-hydrogen) atoms. The molecule has 2 N–H and O–H groups in total. The molecule has 4 aromatic rings. The molecule has 1 atom stereocenters. The molecule has 4 rings (SSSR count). The summed E-state index contributed by atoms with van der Waals surface area (Å²) in [6.45, 7) is 5.61. The average molecular weight is 632 g/mol. The quantitative estimate of drug-likeness (QED) is 0.184. The number of pyridine rings is 2. The number of carbonyl (C=O) groups is 2. The second-order valence-electron chi connectivity index (χ2n) is 11.2. The van der Waals surface area contributed by atoms with Gasteiger partial charge in [-0.3, -0.25) is 9.88 Å². The molecule has 0 aliphatic carbocycles. The molecule has 234 valence electrons. The number of methoxy groups -OCH3 is 1. The Kier molecular flexibility index (Phi) is 9.74. The molecule has 0 aliphatic heterocycles. The molecule has 0 saturated carbocycles. The zero-order valence-electron chi connectivity index (χ0n) is 24.7. The molecule has 0 aliphatic rings. The van der Waals surface area contributed by atoms with Crippen molar-refractivity contribution in [2.45, 2.75) is 58.3 Å². The highest BCUT2D eigenvalue weighted by Crippen LogP contribution is 2.37. The number of hydrogen-bond acceptors (Lipinski definition) is 8. The minimum atomic E-state index is -3.13. The summed E-state index contributed by atoms with van der Waals surface area (Å²) in [7, 11) is 1.48. The molecular formula is C30H32F3N5O5S. The van der Waals surface area contributed by atoms with Crippen LogP contribution in [0.2, 0.25) is 0 Å². The summed E-state index contributed by atoms with van der Waals surface area (Å²) >= 11 is 1.09. The van der Waals surface area contributed by atoms with E-state index < -0.39 is 41.4 Å². The largest absolute Gasteiger partial charge is 0.465 e. The van der Waals surface area contributed by atoms with Crippen LogP contribution in [-0.2, 0) is 28.4 Å². The van der Waals surface area contributed by atoms with E-state index in [9.17, 15) is 27.9 Å². The van der Waals surface area contributed by atoms with Crippen LogP contribution in [0.4, 0.5) is 27.9 Å². The maximum atomic E-state index is 13.8. The first kappa shape index (κ1) is 32.6. The van der Waals surface area contributed by atoms with Gasteiger partial charge in [0.1, 0.15) is 11.3 Å². The number of benzene rings is 1. The number of fused-ring (bicyclic) bond motifs is 1. The van der Waals surface area contributed by atoms with E-state index in [1.54, 1.807) is 39.0 Å². The molecule has 0 unspecified atom stereocenters. The van der Waals surface area contributed by atoms with Crippen molar-refractivity contribution in [3.8, 4) is 10.4 Å². The summed E-state index contributed by atoms with van der Waals surface area (Å²) in [4.78, 5) is 38.9. The van der Waals surface area contributed by atoms with Gasteiger partial charge in [0.2, 0.25) is 5.95 Å². The Balaban J connectivity index is 1.68. The van der Waals surface area contributed by atoms with E-state index in [2.05, 4.69) is 20.3 Å². The highest BCUT2D eigenvalue weighted by molar-refractivity contribution is 7.19. The van der Waals surface area contributed by atoms with Crippen LogP contribution in [-0.4, -0.2) is 57.5 Å². The number of aromatic nitrogens is 3. The van der Waals surface area contributed by atoms with E-state index in [1.165, 1.54) is 37.7 Å². The Morgan fingerprint density at radius 2 is 1.82 bits per heavy atom. The van der Waals surface area contributed by atoms with Gasteiger partial charge in [-0.15, -0.1) is 0 Å². The highest BCUT2D eigenvalue weighted by Gasteiger charge is 2.29. The number of carboxylic acid groups (broad SMARTS) is 1. The molecule has 14 heteroatoms. The lowest BCUT2D eigenvalue weighted by Gasteiger charge is -2.26. The Hall–Kier alpha value is -4.30. The minimum Gasteiger partial charge on any atom is -0.465 e. The number of thiazole rings is 1. The summed E-state index contributed by atoms with van der Waals surface area (Å²) in [5.41, 5.74) is 0.381. The number of alkyl carbamates (subject to hydrolysis) is 1. The lowest BCUT2D eigenvalue weighted by atomic mass is 10.1. The topological polar surface area (TPSA) is 127 Å². The number of alkyl halides is 2. The molecule has 2 amide bonds. The molecule has 3 aromatic heterocycles. The predicted molar refractivity (Wildman–Crippen MR) is 160 cm³/mol. The third-order valence-corrected chi connectivity index (χ3v) is 7.43. The third kappa shape index (κ3) is 8.41. The molecule has 0 saturated heterocycles. The molecule has 0 radical (unpaired) electrons. The average Bonchev–Trinajstić information content (AvgIpc) is 3.33. The van der Waals surface area contributed by atoms with Gasteiger partial charge in [-0.25, -0.2) is 19.6 Å². The monoisotopic (exact) mass is 631 g/mol. The van der Waals surface area contributed by atoms with Crippen LogP contribution in [0, 0.1) is 5.95 Å².